The first kappa shape index (κ1) is 8.86. The van der Waals surface area contributed by atoms with Crippen molar-refractivity contribution in [1.29, 1.82) is 0 Å². The standard InChI is InChI=1S/C7H7NO3S/c9-6(10)2-1-5-12-7-8-3-4-11-7/h1-4H,5H2,(H,9,10)/b2-1+. The Hall–Kier alpha value is -1.23. The summed E-state index contributed by atoms with van der Waals surface area (Å²) in [5.41, 5.74) is 0. The molecule has 1 heterocycles. The first-order valence-electron chi connectivity index (χ1n) is 3.21. The predicted octanol–water partition coefficient (Wildman–Crippen LogP) is 1.41. The second kappa shape index (κ2) is 4.61. The highest BCUT2D eigenvalue weighted by Gasteiger charge is 1.94. The van der Waals surface area contributed by atoms with Gasteiger partial charge in [-0.15, -0.1) is 0 Å². The van der Waals surface area contributed by atoms with Crippen LogP contribution in [0.1, 0.15) is 0 Å². The van der Waals surface area contributed by atoms with E-state index in [4.69, 9.17) is 9.52 Å². The van der Waals surface area contributed by atoms with Gasteiger partial charge in [0, 0.05) is 11.8 Å². The van der Waals surface area contributed by atoms with E-state index in [1.165, 1.54) is 24.1 Å². The summed E-state index contributed by atoms with van der Waals surface area (Å²) in [5, 5.41) is 8.78. The summed E-state index contributed by atoms with van der Waals surface area (Å²) in [6.45, 7) is 0. The van der Waals surface area contributed by atoms with Gasteiger partial charge in [0.1, 0.15) is 6.26 Å². The van der Waals surface area contributed by atoms with Crippen LogP contribution < -0.4 is 0 Å². The Morgan fingerprint density at radius 2 is 2.67 bits per heavy atom. The molecule has 0 aliphatic carbocycles. The molecule has 64 valence electrons. The van der Waals surface area contributed by atoms with Crippen molar-refractivity contribution in [3.05, 3.63) is 24.6 Å². The molecule has 0 saturated carbocycles. The molecule has 12 heavy (non-hydrogen) atoms. The van der Waals surface area contributed by atoms with Gasteiger partial charge in [0.2, 0.25) is 0 Å². The topological polar surface area (TPSA) is 63.3 Å². The Labute approximate surface area is 73.3 Å². The molecule has 0 aliphatic heterocycles. The smallest absolute Gasteiger partial charge is 0.328 e. The van der Waals surface area contributed by atoms with Gasteiger partial charge in [-0.3, -0.25) is 0 Å². The number of aliphatic carboxylic acids is 1. The van der Waals surface area contributed by atoms with Crippen molar-refractivity contribution >= 4 is 17.7 Å². The summed E-state index contributed by atoms with van der Waals surface area (Å²) in [6.07, 6.45) is 5.65. The van der Waals surface area contributed by atoms with Crippen LogP contribution in [0.3, 0.4) is 0 Å². The fourth-order valence-corrected chi connectivity index (χ4v) is 1.14. The van der Waals surface area contributed by atoms with Crippen LogP contribution in [0.5, 0.6) is 0 Å². The van der Waals surface area contributed by atoms with Crippen LogP contribution in [0.25, 0.3) is 0 Å². The third kappa shape index (κ3) is 3.25. The van der Waals surface area contributed by atoms with Crippen molar-refractivity contribution in [3.8, 4) is 0 Å². The molecular formula is C7H7NO3S. The van der Waals surface area contributed by atoms with E-state index in [9.17, 15) is 4.79 Å². The molecule has 0 radical (unpaired) electrons. The lowest BCUT2D eigenvalue weighted by Gasteiger charge is -1.87. The maximum absolute atomic E-state index is 10.0. The molecular weight excluding hydrogens is 178 g/mol. The fourth-order valence-electron chi connectivity index (χ4n) is 0.550. The van der Waals surface area contributed by atoms with Crippen molar-refractivity contribution in [1.82, 2.24) is 4.98 Å². The molecule has 0 aromatic carbocycles. The van der Waals surface area contributed by atoms with Gasteiger partial charge in [-0.1, -0.05) is 17.8 Å². The maximum atomic E-state index is 10.0. The van der Waals surface area contributed by atoms with Crippen LogP contribution >= 0.6 is 11.8 Å². The highest BCUT2D eigenvalue weighted by atomic mass is 32.2. The van der Waals surface area contributed by atoms with Gasteiger partial charge in [0.15, 0.2) is 0 Å². The molecule has 1 N–H and O–H groups in total. The minimum atomic E-state index is -0.942. The van der Waals surface area contributed by atoms with Crippen LogP contribution in [0.4, 0.5) is 0 Å². The zero-order valence-electron chi connectivity index (χ0n) is 6.14. The summed E-state index contributed by atoms with van der Waals surface area (Å²) in [5.74, 6) is -0.393. The molecule has 5 heteroatoms. The van der Waals surface area contributed by atoms with E-state index in [-0.39, 0.29) is 0 Å². The van der Waals surface area contributed by atoms with Crippen LogP contribution in [0, 0.1) is 0 Å². The van der Waals surface area contributed by atoms with Crippen LogP contribution in [-0.4, -0.2) is 21.8 Å². The maximum Gasteiger partial charge on any atom is 0.328 e. The van der Waals surface area contributed by atoms with Crippen LogP contribution in [-0.2, 0) is 4.79 Å². The third-order valence-corrected chi connectivity index (χ3v) is 1.78. The lowest BCUT2D eigenvalue weighted by atomic mass is 10.5. The summed E-state index contributed by atoms with van der Waals surface area (Å²) in [7, 11) is 0. The highest BCUT2D eigenvalue weighted by molar-refractivity contribution is 7.99. The summed E-state index contributed by atoms with van der Waals surface area (Å²) < 4.78 is 4.91. The molecule has 0 aliphatic rings. The van der Waals surface area contributed by atoms with E-state index in [1.54, 1.807) is 6.20 Å². The van der Waals surface area contributed by atoms with E-state index < -0.39 is 5.97 Å². The van der Waals surface area contributed by atoms with Crippen molar-refractivity contribution in [2.24, 2.45) is 0 Å². The van der Waals surface area contributed by atoms with Gasteiger partial charge in [0.05, 0.1) is 6.20 Å². The number of hydrogen-bond acceptors (Lipinski definition) is 4. The monoisotopic (exact) mass is 185 g/mol. The van der Waals surface area contributed by atoms with Gasteiger partial charge < -0.3 is 9.52 Å². The quantitative estimate of drug-likeness (QED) is 0.567. The van der Waals surface area contributed by atoms with Crippen molar-refractivity contribution in [3.63, 3.8) is 0 Å². The first-order valence-corrected chi connectivity index (χ1v) is 4.19. The molecule has 0 atom stereocenters. The number of rotatable bonds is 4. The molecule has 0 saturated heterocycles. The molecule has 0 amide bonds. The number of carboxylic acids is 1. The fraction of sp³-hybridized carbons (Fsp3) is 0.143. The molecule has 1 aromatic rings. The van der Waals surface area contributed by atoms with Crippen LogP contribution in [0.2, 0.25) is 0 Å². The zero-order valence-corrected chi connectivity index (χ0v) is 6.95. The van der Waals surface area contributed by atoms with E-state index in [0.29, 0.717) is 11.0 Å². The molecule has 0 unspecified atom stereocenters. The van der Waals surface area contributed by atoms with E-state index >= 15 is 0 Å². The number of carbonyl (C=O) groups is 1. The third-order valence-electron chi connectivity index (χ3n) is 0.973. The number of carboxylic acid groups (broad SMARTS) is 1. The molecule has 0 fully saturated rings. The number of aromatic nitrogens is 1. The number of nitrogens with zero attached hydrogens (tertiary/aromatic N) is 1. The van der Waals surface area contributed by atoms with Crippen molar-refractivity contribution < 1.29 is 14.3 Å². The average Bonchev–Trinajstić information content (AvgIpc) is 2.49. The zero-order chi connectivity index (χ0) is 8.81. The van der Waals surface area contributed by atoms with Crippen molar-refractivity contribution in [2.75, 3.05) is 5.75 Å². The molecule has 0 bridgehead atoms. The van der Waals surface area contributed by atoms with E-state index in [2.05, 4.69) is 4.98 Å². The lowest BCUT2D eigenvalue weighted by molar-refractivity contribution is -0.131. The minimum absolute atomic E-state index is 0.546. The van der Waals surface area contributed by atoms with E-state index in [0.717, 1.165) is 6.08 Å². The number of hydrogen-bond donors (Lipinski definition) is 1. The molecule has 1 rings (SSSR count). The van der Waals surface area contributed by atoms with Gasteiger partial charge in [-0.2, -0.15) is 0 Å². The largest absolute Gasteiger partial charge is 0.478 e. The summed E-state index contributed by atoms with van der Waals surface area (Å²) in [4.78, 5) is 13.9. The lowest BCUT2D eigenvalue weighted by Crippen LogP contribution is -1.86. The molecule has 4 nitrogen and oxygen atoms in total. The predicted molar refractivity (Wildman–Crippen MR) is 44.0 cm³/mol. The summed E-state index contributed by atoms with van der Waals surface area (Å²) in [6, 6.07) is 0. The van der Waals surface area contributed by atoms with Gasteiger partial charge in [-0.05, 0) is 0 Å². The molecule has 1 aromatic heterocycles. The normalized spacial score (nSPS) is 10.7. The van der Waals surface area contributed by atoms with E-state index in [1.807, 2.05) is 0 Å². The van der Waals surface area contributed by atoms with Gasteiger partial charge in [-0.25, -0.2) is 9.78 Å². The Bertz CT molecular complexity index is 268. The highest BCUT2D eigenvalue weighted by Crippen LogP contribution is 2.13. The summed E-state index contributed by atoms with van der Waals surface area (Å²) >= 11 is 1.34. The number of oxazole rings is 1. The van der Waals surface area contributed by atoms with Gasteiger partial charge >= 0.3 is 5.97 Å². The second-order valence-corrected chi connectivity index (χ2v) is 2.82. The van der Waals surface area contributed by atoms with Crippen molar-refractivity contribution in [2.45, 2.75) is 5.22 Å². The Kier molecular flexibility index (Phi) is 3.40. The molecule has 0 spiro atoms. The first-order chi connectivity index (χ1) is 5.79. The number of thioether (sulfide) groups is 1. The Morgan fingerprint density at radius 1 is 1.83 bits per heavy atom. The SMILES string of the molecule is O=C(O)/C=C/CSc1ncco1. The Balaban J connectivity index is 2.23. The van der Waals surface area contributed by atoms with Gasteiger partial charge in [0.25, 0.3) is 5.22 Å². The van der Waals surface area contributed by atoms with Crippen LogP contribution in [0.15, 0.2) is 34.3 Å². The Morgan fingerprint density at radius 3 is 3.25 bits per heavy atom. The second-order valence-electron chi connectivity index (χ2n) is 1.85. The average molecular weight is 185 g/mol. The minimum Gasteiger partial charge on any atom is -0.478 e.